The SMILES string of the molecule is CC1(C)c2ccccc2N(c2ccccc2)c2ccc(-c3ccc4c(c3)c3c(n4-c4ccccc4)C4C(C=C3)c3ccccc3N4c3ccccc3)cc21. The number of fused-ring (bicyclic) bond motifs is 9. The first kappa shape index (κ1) is 31.0. The molecule has 3 heterocycles. The summed E-state index contributed by atoms with van der Waals surface area (Å²) in [5.41, 5.74) is 17.5. The van der Waals surface area contributed by atoms with E-state index in [9.17, 15) is 0 Å². The second-order valence-electron chi connectivity index (χ2n) is 15.3. The zero-order chi connectivity index (χ0) is 36.0. The highest BCUT2D eigenvalue weighted by Gasteiger charge is 2.44. The van der Waals surface area contributed by atoms with Gasteiger partial charge in [-0.25, -0.2) is 0 Å². The Kier molecular flexibility index (Phi) is 6.72. The maximum Gasteiger partial charge on any atom is 0.0856 e. The van der Waals surface area contributed by atoms with E-state index >= 15 is 0 Å². The summed E-state index contributed by atoms with van der Waals surface area (Å²) in [6.07, 6.45) is 4.85. The predicted octanol–water partition coefficient (Wildman–Crippen LogP) is 13.4. The van der Waals surface area contributed by atoms with Crippen LogP contribution in [0.2, 0.25) is 0 Å². The predicted molar refractivity (Wildman–Crippen MR) is 225 cm³/mol. The van der Waals surface area contributed by atoms with E-state index in [0.717, 1.165) is 0 Å². The molecule has 0 fully saturated rings. The Morgan fingerprint density at radius 1 is 0.500 bits per heavy atom. The Hall–Kier alpha value is -6.58. The molecule has 1 aliphatic carbocycles. The Balaban J connectivity index is 1.11. The fourth-order valence-electron chi connectivity index (χ4n) is 9.63. The summed E-state index contributed by atoms with van der Waals surface area (Å²) in [5, 5.41) is 1.28. The van der Waals surface area contributed by atoms with Crippen LogP contribution >= 0.6 is 0 Å². The monoisotopic (exact) mass is 693 g/mol. The van der Waals surface area contributed by atoms with Gasteiger partial charge in [0, 0.05) is 45.0 Å². The van der Waals surface area contributed by atoms with E-state index in [1.807, 2.05) is 0 Å². The van der Waals surface area contributed by atoms with Crippen LogP contribution in [0.5, 0.6) is 0 Å². The lowest BCUT2D eigenvalue weighted by molar-refractivity contribution is 0.632. The molecule has 0 N–H and O–H groups in total. The molecule has 8 aromatic rings. The van der Waals surface area contributed by atoms with Crippen molar-refractivity contribution in [3.8, 4) is 16.8 Å². The van der Waals surface area contributed by atoms with Gasteiger partial charge in [-0.15, -0.1) is 0 Å². The van der Waals surface area contributed by atoms with Gasteiger partial charge in [0.15, 0.2) is 0 Å². The molecule has 7 aromatic carbocycles. The molecule has 1 aromatic heterocycles. The van der Waals surface area contributed by atoms with Crippen LogP contribution in [0.1, 0.15) is 53.8 Å². The van der Waals surface area contributed by atoms with Gasteiger partial charge in [-0.1, -0.05) is 129 Å². The summed E-state index contributed by atoms with van der Waals surface area (Å²) in [6, 6.07) is 64.8. The van der Waals surface area contributed by atoms with Crippen molar-refractivity contribution in [2.24, 2.45) is 0 Å². The lowest BCUT2D eigenvalue weighted by Crippen LogP contribution is -2.30. The van der Waals surface area contributed by atoms with E-state index in [1.165, 1.54) is 84.1 Å². The highest BCUT2D eigenvalue weighted by Crippen LogP contribution is 2.58. The highest BCUT2D eigenvalue weighted by atomic mass is 15.2. The number of hydrogen-bond donors (Lipinski definition) is 0. The molecule has 3 heteroatoms. The molecule has 2 unspecified atom stereocenters. The smallest absolute Gasteiger partial charge is 0.0856 e. The molecule has 2 atom stereocenters. The van der Waals surface area contributed by atoms with Crippen LogP contribution in [0.15, 0.2) is 182 Å². The van der Waals surface area contributed by atoms with Gasteiger partial charge in [0.1, 0.15) is 0 Å². The molecule has 0 amide bonds. The second kappa shape index (κ2) is 11.7. The number of benzene rings is 7. The first-order valence-electron chi connectivity index (χ1n) is 19.0. The molecular weight excluding hydrogens is 655 g/mol. The summed E-state index contributed by atoms with van der Waals surface area (Å²) in [6.45, 7) is 4.74. The van der Waals surface area contributed by atoms with Gasteiger partial charge >= 0.3 is 0 Å². The molecule has 0 saturated carbocycles. The van der Waals surface area contributed by atoms with Crippen molar-refractivity contribution in [3.05, 3.63) is 210 Å². The van der Waals surface area contributed by atoms with Gasteiger partial charge in [-0.05, 0) is 101 Å². The van der Waals surface area contributed by atoms with E-state index in [4.69, 9.17) is 0 Å². The molecule has 3 nitrogen and oxygen atoms in total. The zero-order valence-corrected chi connectivity index (χ0v) is 30.4. The fourth-order valence-corrected chi connectivity index (χ4v) is 9.63. The van der Waals surface area contributed by atoms with Crippen LogP contribution in [0.3, 0.4) is 0 Å². The molecule has 2 aliphatic heterocycles. The summed E-state index contributed by atoms with van der Waals surface area (Å²) in [5.74, 6) is 0.235. The van der Waals surface area contributed by atoms with Crippen molar-refractivity contribution >= 4 is 45.4 Å². The van der Waals surface area contributed by atoms with E-state index in [1.54, 1.807) is 0 Å². The van der Waals surface area contributed by atoms with Crippen LogP contribution < -0.4 is 9.80 Å². The largest absolute Gasteiger partial charge is 0.331 e. The number of anilines is 5. The number of nitrogens with zero attached hydrogens (tertiary/aromatic N) is 3. The van der Waals surface area contributed by atoms with Crippen molar-refractivity contribution < 1.29 is 0 Å². The van der Waals surface area contributed by atoms with Gasteiger partial charge in [-0.2, -0.15) is 0 Å². The standard InChI is InChI=1S/C51H39N3/c1-51(2)43-23-13-15-25-47(43)52(36-16-6-3-7-17-36)48-31-27-35(33-44(48)51)34-26-30-46-42(32-34)41-29-28-40-39-22-12-14-24-45(39)53(37-18-8-4-9-19-37)49(40)50(41)54(46)38-20-10-5-11-21-38/h3-33,40,49H,1-2H3. The van der Waals surface area contributed by atoms with Crippen LogP contribution in [-0.2, 0) is 5.41 Å². The molecular formula is C51H39N3. The van der Waals surface area contributed by atoms with Gasteiger partial charge in [0.2, 0.25) is 0 Å². The minimum atomic E-state index is -0.177. The minimum Gasteiger partial charge on any atom is -0.331 e. The highest BCUT2D eigenvalue weighted by molar-refractivity contribution is 5.98. The Bertz CT molecular complexity index is 2760. The van der Waals surface area contributed by atoms with Crippen LogP contribution in [-0.4, -0.2) is 4.57 Å². The normalized spacial score (nSPS) is 17.4. The summed E-state index contributed by atoms with van der Waals surface area (Å²) in [4.78, 5) is 5.00. The third-order valence-corrected chi connectivity index (χ3v) is 12.1. The van der Waals surface area contributed by atoms with Crippen molar-refractivity contribution in [1.82, 2.24) is 4.57 Å². The fraction of sp³-hybridized carbons (Fsp3) is 0.0980. The van der Waals surface area contributed by atoms with E-state index in [0.29, 0.717) is 0 Å². The van der Waals surface area contributed by atoms with Crippen molar-refractivity contribution in [2.75, 3.05) is 9.80 Å². The zero-order valence-electron chi connectivity index (χ0n) is 30.4. The maximum absolute atomic E-state index is 2.57. The Morgan fingerprint density at radius 2 is 1.09 bits per heavy atom. The third kappa shape index (κ3) is 4.42. The van der Waals surface area contributed by atoms with E-state index in [-0.39, 0.29) is 17.4 Å². The summed E-state index contributed by atoms with van der Waals surface area (Å²) in [7, 11) is 0. The van der Waals surface area contributed by atoms with Gasteiger partial charge in [0.25, 0.3) is 0 Å². The average molecular weight is 694 g/mol. The number of hydrogen-bond acceptors (Lipinski definition) is 2. The molecule has 11 rings (SSSR count). The average Bonchev–Trinajstić information content (AvgIpc) is 3.75. The topological polar surface area (TPSA) is 11.4 Å². The lowest BCUT2D eigenvalue weighted by Gasteiger charge is -2.42. The minimum absolute atomic E-state index is 0.106. The maximum atomic E-state index is 2.57. The van der Waals surface area contributed by atoms with Crippen molar-refractivity contribution in [1.29, 1.82) is 0 Å². The van der Waals surface area contributed by atoms with Crippen LogP contribution in [0.25, 0.3) is 33.8 Å². The first-order valence-corrected chi connectivity index (χ1v) is 19.0. The Morgan fingerprint density at radius 3 is 1.85 bits per heavy atom. The lowest BCUT2D eigenvalue weighted by atomic mass is 9.73. The molecule has 3 aliphatic rings. The number of para-hydroxylation sites is 5. The van der Waals surface area contributed by atoms with Crippen molar-refractivity contribution in [2.45, 2.75) is 31.2 Å². The van der Waals surface area contributed by atoms with Crippen LogP contribution in [0, 0.1) is 0 Å². The molecule has 54 heavy (non-hydrogen) atoms. The molecule has 0 bridgehead atoms. The first-order chi connectivity index (χ1) is 26.6. The number of aromatic nitrogens is 1. The quantitative estimate of drug-likeness (QED) is 0.182. The Labute approximate surface area is 316 Å². The van der Waals surface area contributed by atoms with Gasteiger partial charge in [-0.3, -0.25) is 0 Å². The van der Waals surface area contributed by atoms with Gasteiger partial charge < -0.3 is 14.4 Å². The summed E-state index contributed by atoms with van der Waals surface area (Å²) >= 11 is 0. The molecule has 258 valence electrons. The molecule has 0 saturated heterocycles. The molecule has 0 spiro atoms. The summed E-state index contributed by atoms with van der Waals surface area (Å²) < 4.78 is 2.53. The third-order valence-electron chi connectivity index (χ3n) is 12.1. The second-order valence-corrected chi connectivity index (χ2v) is 15.3. The number of rotatable bonds is 4. The van der Waals surface area contributed by atoms with Gasteiger partial charge in [0.05, 0.1) is 28.6 Å². The molecule has 0 radical (unpaired) electrons. The van der Waals surface area contributed by atoms with E-state index in [2.05, 4.69) is 216 Å². The van der Waals surface area contributed by atoms with Crippen molar-refractivity contribution in [3.63, 3.8) is 0 Å². The van der Waals surface area contributed by atoms with Crippen LogP contribution in [0.4, 0.5) is 28.4 Å². The van der Waals surface area contributed by atoms with E-state index < -0.39 is 0 Å².